The second-order valence-corrected chi connectivity index (χ2v) is 6.78. The van der Waals surface area contributed by atoms with Crippen LogP contribution in [0.5, 0.6) is 0 Å². The molecule has 0 aliphatic heterocycles. The molecule has 1 unspecified atom stereocenters. The summed E-state index contributed by atoms with van der Waals surface area (Å²) >= 11 is 0. The van der Waals surface area contributed by atoms with Crippen molar-refractivity contribution in [2.45, 2.75) is 66.6 Å². The Morgan fingerprint density at radius 3 is 0.946 bits per heavy atom. The third kappa shape index (κ3) is 4.42. The minimum atomic E-state index is -9.24. The van der Waals surface area contributed by atoms with Crippen LogP contribution in [-0.4, -0.2) is 65.6 Å². The first-order valence-electron chi connectivity index (χ1n) is 7.93. The molecule has 2 nitrogen and oxygen atoms in total. The zero-order valence-corrected chi connectivity index (χ0v) is 16.5. The fraction of sp³-hybridized carbons (Fsp3) is 0.786. The van der Waals surface area contributed by atoms with Crippen LogP contribution in [-0.2, 0) is 9.53 Å². The molecule has 23 heteroatoms. The van der Waals surface area contributed by atoms with E-state index in [1.807, 2.05) is 0 Å². The van der Waals surface area contributed by atoms with E-state index in [1.165, 1.54) is 0 Å². The van der Waals surface area contributed by atoms with Crippen molar-refractivity contribution in [1.29, 1.82) is 0 Å². The van der Waals surface area contributed by atoms with Crippen molar-refractivity contribution in [3.63, 3.8) is 0 Å². The molecule has 0 N–H and O–H groups in total. The Labute approximate surface area is 188 Å². The Balaban J connectivity index is 7.48. The quantitative estimate of drug-likeness (QED) is 0.157. The summed E-state index contributed by atoms with van der Waals surface area (Å²) in [7, 11) is 0. The fourth-order valence-electron chi connectivity index (χ4n) is 1.89. The predicted molar refractivity (Wildman–Crippen MR) is 71.5 cm³/mol. The standard InChI is InChI=1S/C14H5F21O2/c1-3(2)4(36)37-12(29,11(27,28)14(33,34)35)9(23,24)7(19,20)5(15,16)6(17,18)8(21,22)10(25,26)13(30,31)32/h1H2,2H3. The van der Waals surface area contributed by atoms with Crippen LogP contribution in [0.2, 0.25) is 0 Å². The van der Waals surface area contributed by atoms with Gasteiger partial charge in [0.1, 0.15) is 0 Å². The zero-order valence-electron chi connectivity index (χ0n) is 16.5. The minimum Gasteiger partial charge on any atom is -0.413 e. The molecule has 0 aliphatic rings. The highest BCUT2D eigenvalue weighted by Gasteiger charge is 2.98. The molecule has 37 heavy (non-hydrogen) atoms. The lowest BCUT2D eigenvalue weighted by molar-refractivity contribution is -0.486. The van der Waals surface area contributed by atoms with Gasteiger partial charge in [0.15, 0.2) is 0 Å². The van der Waals surface area contributed by atoms with E-state index in [2.05, 4.69) is 11.3 Å². The summed E-state index contributed by atoms with van der Waals surface area (Å²) in [6, 6.07) is 0. The van der Waals surface area contributed by atoms with Gasteiger partial charge in [0, 0.05) is 5.57 Å². The molecule has 0 aliphatic carbocycles. The number of hydrogen-bond donors (Lipinski definition) is 0. The average molecular weight is 604 g/mol. The van der Waals surface area contributed by atoms with Crippen molar-refractivity contribution in [2.75, 3.05) is 0 Å². The van der Waals surface area contributed by atoms with E-state index in [0.717, 1.165) is 0 Å². The number of ether oxygens (including phenoxy) is 1. The van der Waals surface area contributed by atoms with Crippen LogP contribution in [0.4, 0.5) is 92.2 Å². The van der Waals surface area contributed by atoms with Crippen molar-refractivity contribution in [1.82, 2.24) is 0 Å². The summed E-state index contributed by atoms with van der Waals surface area (Å²) < 4.78 is 278. The maximum Gasteiger partial charge on any atom is 0.461 e. The number of hydrogen-bond acceptors (Lipinski definition) is 2. The molecule has 0 spiro atoms. The van der Waals surface area contributed by atoms with Gasteiger partial charge < -0.3 is 4.74 Å². The van der Waals surface area contributed by atoms with Gasteiger partial charge in [-0.15, -0.1) is 0 Å². The topological polar surface area (TPSA) is 26.3 Å². The largest absolute Gasteiger partial charge is 0.461 e. The molecule has 0 rings (SSSR count). The normalized spacial score (nSPS) is 17.4. The molecule has 0 saturated carbocycles. The number of halogens is 21. The van der Waals surface area contributed by atoms with E-state index in [0.29, 0.717) is 0 Å². The lowest BCUT2D eigenvalue weighted by atomic mass is 9.86. The van der Waals surface area contributed by atoms with Crippen LogP contribution in [0.3, 0.4) is 0 Å². The van der Waals surface area contributed by atoms with Gasteiger partial charge >= 0.3 is 65.6 Å². The van der Waals surface area contributed by atoms with Crippen LogP contribution in [0, 0.1) is 0 Å². The molecule has 0 bridgehead atoms. The van der Waals surface area contributed by atoms with Gasteiger partial charge in [0.25, 0.3) is 0 Å². The van der Waals surface area contributed by atoms with Crippen molar-refractivity contribution in [2.24, 2.45) is 0 Å². The van der Waals surface area contributed by atoms with Gasteiger partial charge in [-0.25, -0.2) is 4.79 Å². The summed E-state index contributed by atoms with van der Waals surface area (Å²) in [6.07, 6.45) is -16.0. The molecule has 0 aromatic rings. The van der Waals surface area contributed by atoms with Gasteiger partial charge in [-0.3, -0.25) is 0 Å². The summed E-state index contributed by atoms with van der Waals surface area (Å²) in [5.41, 5.74) is -1.76. The average Bonchev–Trinajstić information content (AvgIpc) is 2.64. The Kier molecular flexibility index (Phi) is 8.10. The van der Waals surface area contributed by atoms with Crippen LogP contribution in [0.1, 0.15) is 6.92 Å². The molecule has 1 atom stereocenters. The highest BCUT2D eigenvalue weighted by Crippen LogP contribution is 2.66. The van der Waals surface area contributed by atoms with E-state index in [1.54, 1.807) is 0 Å². The number of alkyl halides is 21. The monoisotopic (exact) mass is 604 g/mol. The molecule has 0 aromatic heterocycles. The SMILES string of the molecule is C=C(C)C(=O)OC(F)(C(F)(F)C(F)(F)F)C(F)(F)C(F)(F)C(F)(F)C(F)(F)C(F)(F)C(F)(F)C(F)(F)F. The highest BCUT2D eigenvalue weighted by atomic mass is 19.4. The summed E-state index contributed by atoms with van der Waals surface area (Å²) in [4.78, 5) is 11.0. The molecule has 0 radical (unpaired) electrons. The summed E-state index contributed by atoms with van der Waals surface area (Å²) in [5.74, 6) is -73.9. The smallest absolute Gasteiger partial charge is 0.413 e. The van der Waals surface area contributed by atoms with Gasteiger partial charge in [-0.05, 0) is 6.92 Å². The van der Waals surface area contributed by atoms with Crippen molar-refractivity contribution in [3.8, 4) is 0 Å². The summed E-state index contributed by atoms with van der Waals surface area (Å²) in [5, 5.41) is 0. The molecule has 220 valence electrons. The molecular formula is C14H5F21O2. The molecule has 0 saturated heterocycles. The second kappa shape index (κ2) is 8.63. The number of carbonyl (C=O) groups excluding carboxylic acids is 1. The lowest BCUT2D eigenvalue weighted by Crippen LogP contribution is -2.78. The number of carbonyl (C=O) groups is 1. The Bertz CT molecular complexity index is 894. The van der Waals surface area contributed by atoms with Crippen LogP contribution >= 0.6 is 0 Å². The zero-order chi connectivity index (χ0) is 30.9. The Morgan fingerprint density at radius 2 is 0.703 bits per heavy atom. The maximum absolute atomic E-state index is 14.3. The molecule has 0 amide bonds. The Morgan fingerprint density at radius 1 is 0.459 bits per heavy atom. The summed E-state index contributed by atoms with van der Waals surface area (Å²) in [6.45, 7) is 2.30. The van der Waals surface area contributed by atoms with Crippen LogP contribution in [0.25, 0.3) is 0 Å². The number of rotatable bonds is 9. The van der Waals surface area contributed by atoms with E-state index >= 15 is 0 Å². The van der Waals surface area contributed by atoms with E-state index in [-0.39, 0.29) is 6.92 Å². The predicted octanol–water partition coefficient (Wildman–Crippen LogP) is 7.34. The van der Waals surface area contributed by atoms with Gasteiger partial charge in [-0.2, -0.15) is 92.2 Å². The highest BCUT2D eigenvalue weighted by molar-refractivity contribution is 5.87. The third-order valence-corrected chi connectivity index (χ3v) is 4.07. The van der Waals surface area contributed by atoms with Gasteiger partial charge in [-0.1, -0.05) is 6.58 Å². The van der Waals surface area contributed by atoms with Gasteiger partial charge in [0.05, 0.1) is 0 Å². The number of esters is 1. The maximum atomic E-state index is 14.3. The van der Waals surface area contributed by atoms with Crippen molar-refractivity contribution in [3.05, 3.63) is 12.2 Å². The van der Waals surface area contributed by atoms with Crippen LogP contribution < -0.4 is 0 Å². The molecule has 0 fully saturated rings. The fourth-order valence-corrected chi connectivity index (χ4v) is 1.89. The first-order chi connectivity index (χ1) is 15.6. The first kappa shape index (κ1) is 34.7. The third-order valence-electron chi connectivity index (χ3n) is 4.07. The Hall–Kier alpha value is -2.26. The first-order valence-corrected chi connectivity index (χ1v) is 7.93. The molecular weight excluding hydrogens is 599 g/mol. The lowest BCUT2D eigenvalue weighted by Gasteiger charge is -2.45. The van der Waals surface area contributed by atoms with Crippen LogP contribution in [0.15, 0.2) is 12.2 Å². The second-order valence-electron chi connectivity index (χ2n) is 6.78. The van der Waals surface area contributed by atoms with Crippen molar-refractivity contribution < 1.29 is 102 Å². The minimum absolute atomic E-state index is 0.0628. The van der Waals surface area contributed by atoms with E-state index in [4.69, 9.17) is 0 Å². The van der Waals surface area contributed by atoms with E-state index in [9.17, 15) is 97.0 Å². The van der Waals surface area contributed by atoms with E-state index < -0.39 is 71.2 Å². The van der Waals surface area contributed by atoms with Gasteiger partial charge in [0.2, 0.25) is 0 Å². The van der Waals surface area contributed by atoms with Crippen molar-refractivity contribution >= 4 is 5.97 Å². The molecule has 0 heterocycles. The molecule has 0 aromatic carbocycles.